The van der Waals surface area contributed by atoms with Gasteiger partial charge in [0.25, 0.3) is 0 Å². The summed E-state index contributed by atoms with van der Waals surface area (Å²) in [7, 11) is 3.75. The molecule has 0 heterocycles. The summed E-state index contributed by atoms with van der Waals surface area (Å²) in [5, 5.41) is 12.1. The highest BCUT2D eigenvalue weighted by Crippen LogP contribution is 2.11. The van der Waals surface area contributed by atoms with Crippen molar-refractivity contribution in [3.05, 3.63) is 0 Å². The second-order valence-corrected chi connectivity index (χ2v) is 8.22. The maximum absolute atomic E-state index is 11.8. The predicted molar refractivity (Wildman–Crippen MR) is 128 cm³/mol. The summed E-state index contributed by atoms with van der Waals surface area (Å²) in [6.45, 7) is 4.01. The molecule has 0 spiro atoms. The van der Waals surface area contributed by atoms with Crippen LogP contribution in [0.25, 0.3) is 0 Å². The van der Waals surface area contributed by atoms with Crippen molar-refractivity contribution in [2.24, 2.45) is 0 Å². The number of rotatable bonds is 20. The van der Waals surface area contributed by atoms with Crippen molar-refractivity contribution in [1.29, 1.82) is 0 Å². The number of unbranched alkanes of at least 4 members (excludes halogenated alkanes) is 12. The van der Waals surface area contributed by atoms with Gasteiger partial charge in [-0.15, -0.1) is 0 Å². The number of carbonyl (C=O) groups is 2. The number of aliphatic hydroxyl groups excluding tert-OH is 1. The van der Waals surface area contributed by atoms with Gasteiger partial charge in [0.1, 0.15) is 6.61 Å². The third kappa shape index (κ3) is 26.8. The molecule has 0 saturated heterocycles. The maximum Gasteiger partial charge on any atom is 0.306 e. The fourth-order valence-electron chi connectivity index (χ4n) is 3.08. The number of esters is 2. The van der Waals surface area contributed by atoms with Gasteiger partial charge in [0.05, 0.1) is 6.61 Å². The Morgan fingerprint density at radius 2 is 1.10 bits per heavy atom. The van der Waals surface area contributed by atoms with Crippen LogP contribution >= 0.6 is 0 Å². The Bertz CT molecular complexity index is 390. The van der Waals surface area contributed by atoms with Crippen molar-refractivity contribution in [3.63, 3.8) is 0 Å². The summed E-state index contributed by atoms with van der Waals surface area (Å²) >= 11 is 0. The van der Waals surface area contributed by atoms with Gasteiger partial charge < -0.3 is 19.9 Å². The highest BCUT2D eigenvalue weighted by Gasteiger charge is 2.16. The van der Waals surface area contributed by atoms with Crippen LogP contribution in [-0.4, -0.2) is 50.5 Å². The van der Waals surface area contributed by atoms with Crippen LogP contribution in [0, 0.1) is 0 Å². The van der Waals surface area contributed by atoms with E-state index in [2.05, 4.69) is 19.2 Å². The van der Waals surface area contributed by atoms with E-state index in [1.54, 1.807) is 0 Å². The van der Waals surface area contributed by atoms with Crippen LogP contribution in [0.2, 0.25) is 0 Å². The molecule has 186 valence electrons. The smallest absolute Gasteiger partial charge is 0.306 e. The average Bonchev–Trinajstić information content (AvgIpc) is 2.76. The van der Waals surface area contributed by atoms with Gasteiger partial charge in [0.2, 0.25) is 0 Å². The molecule has 0 radical (unpaired) electrons. The van der Waals surface area contributed by atoms with Gasteiger partial charge >= 0.3 is 11.9 Å². The number of nitrogens with one attached hydrogen (secondary N) is 1. The third-order valence-electron chi connectivity index (χ3n) is 4.90. The largest absolute Gasteiger partial charge is 0.462 e. The second-order valence-electron chi connectivity index (χ2n) is 8.22. The first-order valence-corrected chi connectivity index (χ1v) is 12.6. The van der Waals surface area contributed by atoms with Gasteiger partial charge in [-0.2, -0.15) is 0 Å². The fraction of sp³-hybridized carbons (Fsp3) is 0.920. The lowest BCUT2D eigenvalue weighted by molar-refractivity contribution is -0.161. The van der Waals surface area contributed by atoms with Crippen LogP contribution in [0.4, 0.5) is 0 Å². The van der Waals surface area contributed by atoms with E-state index in [1.165, 1.54) is 51.4 Å². The second kappa shape index (κ2) is 26.9. The molecule has 2 N–H and O–H groups in total. The normalized spacial score (nSPS) is 11.4. The lowest BCUT2D eigenvalue weighted by atomic mass is 10.1. The van der Waals surface area contributed by atoms with E-state index >= 15 is 0 Å². The average molecular weight is 446 g/mol. The molecule has 0 aromatic heterocycles. The molecule has 31 heavy (non-hydrogen) atoms. The van der Waals surface area contributed by atoms with Crippen LogP contribution in [0.15, 0.2) is 0 Å². The molecule has 0 fully saturated rings. The van der Waals surface area contributed by atoms with E-state index in [4.69, 9.17) is 9.47 Å². The highest BCUT2D eigenvalue weighted by molar-refractivity contribution is 5.70. The quantitative estimate of drug-likeness (QED) is 0.189. The minimum atomic E-state index is -0.755. The molecular weight excluding hydrogens is 394 g/mol. The molecule has 0 aliphatic rings. The molecule has 6 heteroatoms. The standard InChI is InChI=1S/C23H44O5.C2H7N/c1-3-5-7-9-11-13-15-17-22(25)27-20-21(19-24)28-23(26)18-16-14-12-10-8-6-4-2;1-3-2/h21,24H,3-20H2,1-2H3;3H,1-2H3. The van der Waals surface area contributed by atoms with Gasteiger partial charge in [-0.3, -0.25) is 9.59 Å². The zero-order valence-electron chi connectivity index (χ0n) is 20.9. The van der Waals surface area contributed by atoms with Crippen LogP contribution in [0.1, 0.15) is 117 Å². The van der Waals surface area contributed by atoms with Crippen molar-refractivity contribution in [2.45, 2.75) is 123 Å². The van der Waals surface area contributed by atoms with E-state index in [1.807, 2.05) is 14.1 Å². The summed E-state index contributed by atoms with van der Waals surface area (Å²) in [4.78, 5) is 23.6. The fourth-order valence-corrected chi connectivity index (χ4v) is 3.08. The summed E-state index contributed by atoms with van der Waals surface area (Å²) in [5.74, 6) is -0.606. The Hall–Kier alpha value is -1.14. The molecule has 1 unspecified atom stereocenters. The first kappa shape index (κ1) is 32.0. The van der Waals surface area contributed by atoms with E-state index in [-0.39, 0.29) is 25.2 Å². The molecule has 6 nitrogen and oxygen atoms in total. The SMILES string of the molecule is CCCCCCCCCC(=O)OCC(CO)OC(=O)CCCCCCCCC.CNC. The molecule has 0 aromatic rings. The Morgan fingerprint density at radius 3 is 1.52 bits per heavy atom. The monoisotopic (exact) mass is 445 g/mol. The number of aliphatic hydroxyl groups is 1. The van der Waals surface area contributed by atoms with Crippen molar-refractivity contribution in [1.82, 2.24) is 5.32 Å². The predicted octanol–water partition coefficient (Wildman–Crippen LogP) is 5.55. The van der Waals surface area contributed by atoms with Crippen molar-refractivity contribution in [2.75, 3.05) is 27.3 Å². The maximum atomic E-state index is 11.8. The first-order valence-electron chi connectivity index (χ1n) is 12.6. The van der Waals surface area contributed by atoms with E-state index in [0.29, 0.717) is 12.8 Å². The molecule has 0 aliphatic carbocycles. The summed E-state index contributed by atoms with van der Waals surface area (Å²) < 4.78 is 10.4. The molecule has 0 saturated carbocycles. The van der Waals surface area contributed by atoms with Gasteiger partial charge in [-0.1, -0.05) is 90.9 Å². The molecule has 0 aliphatic heterocycles. The zero-order valence-corrected chi connectivity index (χ0v) is 20.9. The van der Waals surface area contributed by atoms with Crippen molar-refractivity contribution < 1.29 is 24.2 Å². The van der Waals surface area contributed by atoms with Crippen LogP contribution in [-0.2, 0) is 19.1 Å². The number of hydrogen-bond donors (Lipinski definition) is 2. The Morgan fingerprint density at radius 1 is 0.710 bits per heavy atom. The van der Waals surface area contributed by atoms with E-state index in [0.717, 1.165) is 38.5 Å². The molecule has 0 aromatic carbocycles. The van der Waals surface area contributed by atoms with Crippen LogP contribution in [0.3, 0.4) is 0 Å². The molecule has 0 rings (SSSR count). The Kier molecular flexibility index (Phi) is 27.8. The van der Waals surface area contributed by atoms with Crippen molar-refractivity contribution >= 4 is 11.9 Å². The van der Waals surface area contributed by atoms with Gasteiger partial charge in [0, 0.05) is 12.8 Å². The minimum absolute atomic E-state index is 0.0609. The minimum Gasteiger partial charge on any atom is -0.462 e. The van der Waals surface area contributed by atoms with Crippen LogP contribution < -0.4 is 5.32 Å². The summed E-state index contributed by atoms with van der Waals surface area (Å²) in [6.07, 6.45) is 16.0. The molecular formula is C25H51NO5. The molecule has 1 atom stereocenters. The summed E-state index contributed by atoms with van der Waals surface area (Å²) in [5.41, 5.74) is 0. The number of hydrogen-bond acceptors (Lipinski definition) is 6. The van der Waals surface area contributed by atoms with Crippen molar-refractivity contribution in [3.8, 4) is 0 Å². The van der Waals surface area contributed by atoms with Crippen LogP contribution in [0.5, 0.6) is 0 Å². The molecule has 0 amide bonds. The van der Waals surface area contributed by atoms with Gasteiger partial charge in [-0.25, -0.2) is 0 Å². The highest BCUT2D eigenvalue weighted by atomic mass is 16.6. The topological polar surface area (TPSA) is 84.9 Å². The third-order valence-corrected chi connectivity index (χ3v) is 4.90. The first-order chi connectivity index (χ1) is 15.0. The Balaban J connectivity index is 0. The lowest BCUT2D eigenvalue weighted by Crippen LogP contribution is -2.28. The number of carbonyl (C=O) groups excluding carboxylic acids is 2. The van der Waals surface area contributed by atoms with E-state index in [9.17, 15) is 14.7 Å². The number of ether oxygens (including phenoxy) is 2. The van der Waals surface area contributed by atoms with E-state index < -0.39 is 6.10 Å². The summed E-state index contributed by atoms with van der Waals surface area (Å²) in [6, 6.07) is 0. The molecule has 0 bridgehead atoms. The van der Waals surface area contributed by atoms with Gasteiger partial charge in [-0.05, 0) is 26.9 Å². The van der Waals surface area contributed by atoms with Gasteiger partial charge in [0.15, 0.2) is 6.10 Å². The zero-order chi connectivity index (χ0) is 23.6. The Labute approximate surface area is 191 Å². The lowest BCUT2D eigenvalue weighted by Gasteiger charge is -2.15.